The minimum absolute atomic E-state index is 0.664. The fourth-order valence-corrected chi connectivity index (χ4v) is 3.59. The largest absolute Gasteiger partial charge is 0.339 e. The molecule has 0 radical (unpaired) electrons. The van der Waals surface area contributed by atoms with E-state index in [0.29, 0.717) is 5.02 Å². The molecule has 4 rings (SSSR count). The SMILES string of the molecule is Cc1cc(C)c(Nc2ncnc3c2cnn3-c2cc(Cl)ccc2C)c(C)c1. The van der Waals surface area contributed by atoms with Gasteiger partial charge in [-0.25, -0.2) is 14.6 Å². The molecule has 4 aromatic rings. The maximum Gasteiger partial charge on any atom is 0.168 e. The first-order chi connectivity index (χ1) is 12.9. The predicted octanol–water partition coefficient (Wildman–Crippen LogP) is 5.45. The van der Waals surface area contributed by atoms with Crippen LogP contribution < -0.4 is 5.32 Å². The van der Waals surface area contributed by atoms with Gasteiger partial charge in [0, 0.05) is 10.7 Å². The highest BCUT2D eigenvalue weighted by atomic mass is 35.5. The van der Waals surface area contributed by atoms with Crippen LogP contribution >= 0.6 is 11.6 Å². The Kier molecular flexibility index (Phi) is 4.32. The zero-order valence-electron chi connectivity index (χ0n) is 15.7. The summed E-state index contributed by atoms with van der Waals surface area (Å²) in [4.78, 5) is 8.91. The van der Waals surface area contributed by atoms with Crippen LogP contribution in [0.15, 0.2) is 42.9 Å². The summed E-state index contributed by atoms with van der Waals surface area (Å²) in [6, 6.07) is 10.1. The van der Waals surface area contributed by atoms with Crippen molar-refractivity contribution in [2.75, 3.05) is 5.32 Å². The minimum Gasteiger partial charge on any atom is -0.339 e. The van der Waals surface area contributed by atoms with Crippen LogP contribution in [-0.2, 0) is 0 Å². The number of halogens is 1. The summed E-state index contributed by atoms with van der Waals surface area (Å²) in [5.74, 6) is 0.737. The van der Waals surface area contributed by atoms with Crippen LogP contribution in [0.4, 0.5) is 11.5 Å². The van der Waals surface area contributed by atoms with Crippen molar-refractivity contribution in [2.24, 2.45) is 0 Å². The van der Waals surface area contributed by atoms with Gasteiger partial charge in [0.15, 0.2) is 5.65 Å². The van der Waals surface area contributed by atoms with Crippen molar-refractivity contribution in [2.45, 2.75) is 27.7 Å². The summed E-state index contributed by atoms with van der Waals surface area (Å²) in [7, 11) is 0. The van der Waals surface area contributed by atoms with E-state index in [1.807, 2.05) is 25.1 Å². The number of aryl methyl sites for hydroxylation is 4. The van der Waals surface area contributed by atoms with Crippen molar-refractivity contribution >= 4 is 34.1 Å². The third kappa shape index (κ3) is 3.15. The zero-order valence-corrected chi connectivity index (χ0v) is 16.5. The third-order valence-corrected chi connectivity index (χ3v) is 4.92. The molecule has 0 spiro atoms. The average molecular weight is 378 g/mol. The van der Waals surface area contributed by atoms with Crippen molar-refractivity contribution in [3.05, 3.63) is 70.1 Å². The average Bonchev–Trinajstić information content (AvgIpc) is 3.05. The monoisotopic (exact) mass is 377 g/mol. The highest BCUT2D eigenvalue weighted by Crippen LogP contribution is 2.30. The fourth-order valence-electron chi connectivity index (χ4n) is 3.43. The first-order valence-electron chi connectivity index (χ1n) is 8.74. The fraction of sp³-hybridized carbons (Fsp3) is 0.190. The number of hydrogen-bond acceptors (Lipinski definition) is 4. The van der Waals surface area contributed by atoms with Gasteiger partial charge in [-0.2, -0.15) is 5.10 Å². The van der Waals surface area contributed by atoms with Crippen LogP contribution in [0.2, 0.25) is 5.02 Å². The Bertz CT molecular complexity index is 1140. The Balaban J connectivity index is 1.83. The highest BCUT2D eigenvalue weighted by molar-refractivity contribution is 6.30. The van der Waals surface area contributed by atoms with E-state index in [2.05, 4.69) is 53.3 Å². The molecule has 0 amide bonds. The van der Waals surface area contributed by atoms with Crippen LogP contribution in [0, 0.1) is 27.7 Å². The van der Waals surface area contributed by atoms with Crippen molar-refractivity contribution < 1.29 is 0 Å². The van der Waals surface area contributed by atoms with Gasteiger partial charge in [0.05, 0.1) is 17.3 Å². The molecule has 27 heavy (non-hydrogen) atoms. The molecule has 0 saturated carbocycles. The number of anilines is 2. The standard InChI is InChI=1S/C21H20ClN5/c1-12-7-14(3)19(15(4)8-12)26-20-17-10-25-27(21(17)24-11-23-20)18-9-16(22)6-5-13(18)2/h5-11H,1-4H3,(H,23,24,26). The molecule has 0 unspecified atom stereocenters. The Hall–Kier alpha value is -2.92. The Morgan fingerprint density at radius 3 is 2.41 bits per heavy atom. The second-order valence-electron chi connectivity index (χ2n) is 6.85. The number of nitrogens with one attached hydrogen (secondary N) is 1. The van der Waals surface area contributed by atoms with E-state index in [1.54, 1.807) is 17.2 Å². The topological polar surface area (TPSA) is 55.6 Å². The molecule has 2 heterocycles. The lowest BCUT2D eigenvalue weighted by molar-refractivity contribution is 0.887. The Morgan fingerprint density at radius 1 is 0.926 bits per heavy atom. The molecule has 0 bridgehead atoms. The summed E-state index contributed by atoms with van der Waals surface area (Å²) < 4.78 is 1.80. The molecule has 0 atom stereocenters. The molecule has 0 aliphatic rings. The molecule has 0 aliphatic heterocycles. The third-order valence-electron chi connectivity index (χ3n) is 4.69. The molecule has 136 valence electrons. The van der Waals surface area contributed by atoms with E-state index in [9.17, 15) is 0 Å². The number of benzene rings is 2. The first kappa shape index (κ1) is 17.5. The van der Waals surface area contributed by atoms with Gasteiger partial charge >= 0.3 is 0 Å². The van der Waals surface area contributed by atoms with Gasteiger partial charge < -0.3 is 5.32 Å². The molecular weight excluding hydrogens is 358 g/mol. The number of nitrogens with zero attached hydrogens (tertiary/aromatic N) is 4. The van der Waals surface area contributed by atoms with E-state index in [0.717, 1.165) is 33.8 Å². The van der Waals surface area contributed by atoms with Crippen LogP contribution in [0.1, 0.15) is 22.3 Å². The van der Waals surface area contributed by atoms with Gasteiger partial charge in [-0.1, -0.05) is 35.4 Å². The molecular formula is C21H20ClN5. The first-order valence-corrected chi connectivity index (χ1v) is 9.12. The van der Waals surface area contributed by atoms with E-state index in [-0.39, 0.29) is 0 Å². The van der Waals surface area contributed by atoms with Crippen LogP contribution in [-0.4, -0.2) is 19.7 Å². The number of fused-ring (bicyclic) bond motifs is 1. The molecule has 0 aliphatic carbocycles. The normalized spacial score (nSPS) is 11.1. The predicted molar refractivity (Wildman–Crippen MR) is 110 cm³/mol. The summed E-state index contributed by atoms with van der Waals surface area (Å²) in [6.07, 6.45) is 3.35. The lowest BCUT2D eigenvalue weighted by Gasteiger charge is -2.14. The van der Waals surface area contributed by atoms with E-state index in [1.165, 1.54) is 16.7 Å². The van der Waals surface area contributed by atoms with Crippen molar-refractivity contribution in [1.29, 1.82) is 0 Å². The molecule has 0 saturated heterocycles. The summed E-state index contributed by atoms with van der Waals surface area (Å²) in [6.45, 7) is 8.32. The maximum atomic E-state index is 6.18. The van der Waals surface area contributed by atoms with Crippen molar-refractivity contribution in [1.82, 2.24) is 19.7 Å². The second-order valence-corrected chi connectivity index (χ2v) is 7.28. The Labute approximate surface area is 163 Å². The van der Waals surface area contributed by atoms with E-state index < -0.39 is 0 Å². The highest BCUT2D eigenvalue weighted by Gasteiger charge is 2.14. The summed E-state index contributed by atoms with van der Waals surface area (Å²) in [5, 5.41) is 9.54. The molecule has 1 N–H and O–H groups in total. The van der Waals surface area contributed by atoms with Crippen LogP contribution in [0.5, 0.6) is 0 Å². The quantitative estimate of drug-likeness (QED) is 0.516. The lowest BCUT2D eigenvalue weighted by Crippen LogP contribution is -2.02. The van der Waals surface area contributed by atoms with Crippen LogP contribution in [0.3, 0.4) is 0 Å². The summed E-state index contributed by atoms with van der Waals surface area (Å²) >= 11 is 6.18. The molecule has 5 nitrogen and oxygen atoms in total. The second kappa shape index (κ2) is 6.67. The van der Waals surface area contributed by atoms with E-state index in [4.69, 9.17) is 11.6 Å². The molecule has 6 heteroatoms. The maximum absolute atomic E-state index is 6.18. The van der Waals surface area contributed by atoms with Gasteiger partial charge in [-0.15, -0.1) is 0 Å². The van der Waals surface area contributed by atoms with Crippen molar-refractivity contribution in [3.8, 4) is 5.69 Å². The van der Waals surface area contributed by atoms with E-state index >= 15 is 0 Å². The van der Waals surface area contributed by atoms with Gasteiger partial charge in [-0.3, -0.25) is 0 Å². The summed E-state index contributed by atoms with van der Waals surface area (Å²) in [5.41, 5.74) is 7.38. The lowest BCUT2D eigenvalue weighted by atomic mass is 10.1. The number of aromatic nitrogens is 4. The van der Waals surface area contributed by atoms with Gasteiger partial charge in [0.1, 0.15) is 12.1 Å². The van der Waals surface area contributed by atoms with Crippen molar-refractivity contribution in [3.63, 3.8) is 0 Å². The van der Waals surface area contributed by atoms with Gasteiger partial charge in [-0.05, 0) is 56.5 Å². The Morgan fingerprint density at radius 2 is 1.67 bits per heavy atom. The van der Waals surface area contributed by atoms with Gasteiger partial charge in [0.25, 0.3) is 0 Å². The molecule has 0 fully saturated rings. The zero-order chi connectivity index (χ0) is 19.1. The smallest absolute Gasteiger partial charge is 0.168 e. The molecule has 2 aromatic heterocycles. The minimum atomic E-state index is 0.664. The van der Waals surface area contributed by atoms with Crippen LogP contribution in [0.25, 0.3) is 16.7 Å². The number of hydrogen-bond donors (Lipinski definition) is 1. The van der Waals surface area contributed by atoms with Gasteiger partial charge in [0.2, 0.25) is 0 Å². The molecule has 2 aromatic carbocycles. The number of rotatable bonds is 3.